The van der Waals surface area contributed by atoms with Crippen LogP contribution >= 0.6 is 0 Å². The van der Waals surface area contributed by atoms with Crippen LogP contribution in [0.25, 0.3) is 6.08 Å². The van der Waals surface area contributed by atoms with Gasteiger partial charge in [-0.15, -0.1) is 0 Å². The van der Waals surface area contributed by atoms with Crippen molar-refractivity contribution in [3.8, 4) is 5.75 Å². The van der Waals surface area contributed by atoms with Crippen molar-refractivity contribution in [2.24, 2.45) is 5.92 Å². The molecule has 0 bridgehead atoms. The molecule has 0 saturated carbocycles. The number of amides is 1. The van der Waals surface area contributed by atoms with E-state index in [1.165, 1.54) is 7.11 Å². The molecule has 0 aliphatic carbocycles. The molecule has 6 heteroatoms. The minimum absolute atomic E-state index is 0.113. The molecule has 6 nitrogen and oxygen atoms in total. The standard InChI is InChI=1S/C21H32N2O4/c1-6-27-19-11-8-18(9-12-19)10-13-20(24)23(15-7-14-22(3)4)16-17(2)21(25)26-5/h8-13,17H,6-7,14-16H2,1-5H3/b13-10+. The molecule has 0 N–H and O–H groups in total. The van der Waals surface area contributed by atoms with E-state index in [1.807, 2.05) is 45.3 Å². The van der Waals surface area contributed by atoms with Gasteiger partial charge in [-0.2, -0.15) is 0 Å². The van der Waals surface area contributed by atoms with Crippen LogP contribution in [0.5, 0.6) is 5.75 Å². The molecular weight excluding hydrogens is 344 g/mol. The van der Waals surface area contributed by atoms with Gasteiger partial charge in [0.25, 0.3) is 0 Å². The van der Waals surface area contributed by atoms with E-state index in [2.05, 4.69) is 4.90 Å². The van der Waals surface area contributed by atoms with Gasteiger partial charge in [0.05, 0.1) is 19.6 Å². The minimum atomic E-state index is -0.364. The molecule has 0 aromatic heterocycles. The zero-order valence-corrected chi connectivity index (χ0v) is 17.1. The number of benzene rings is 1. The Hall–Kier alpha value is -2.34. The van der Waals surface area contributed by atoms with E-state index >= 15 is 0 Å². The number of hydrogen-bond acceptors (Lipinski definition) is 5. The molecular formula is C21H32N2O4. The molecule has 0 radical (unpaired) electrons. The Balaban J connectivity index is 2.76. The van der Waals surface area contributed by atoms with Gasteiger partial charge in [-0.05, 0) is 57.8 Å². The van der Waals surface area contributed by atoms with Gasteiger partial charge in [0.15, 0.2) is 0 Å². The van der Waals surface area contributed by atoms with Crippen molar-refractivity contribution in [2.75, 3.05) is 47.4 Å². The highest BCUT2D eigenvalue weighted by Gasteiger charge is 2.20. The smallest absolute Gasteiger partial charge is 0.310 e. The topological polar surface area (TPSA) is 59.1 Å². The summed E-state index contributed by atoms with van der Waals surface area (Å²) in [5.74, 6) is 0.0182. The maximum Gasteiger partial charge on any atom is 0.310 e. The van der Waals surface area contributed by atoms with Crippen LogP contribution in [0.15, 0.2) is 30.3 Å². The minimum Gasteiger partial charge on any atom is -0.494 e. The lowest BCUT2D eigenvalue weighted by atomic mass is 10.1. The first-order valence-corrected chi connectivity index (χ1v) is 9.29. The highest BCUT2D eigenvalue weighted by Crippen LogP contribution is 2.13. The van der Waals surface area contributed by atoms with Crippen molar-refractivity contribution in [3.63, 3.8) is 0 Å². The Kier molecular flexibility index (Phi) is 10.2. The molecule has 1 aromatic rings. The maximum atomic E-state index is 12.7. The first kappa shape index (κ1) is 22.7. The van der Waals surface area contributed by atoms with E-state index in [-0.39, 0.29) is 17.8 Å². The molecule has 0 heterocycles. The Labute approximate surface area is 162 Å². The summed E-state index contributed by atoms with van der Waals surface area (Å²) in [5, 5.41) is 0. The van der Waals surface area contributed by atoms with Crippen molar-refractivity contribution >= 4 is 18.0 Å². The fourth-order valence-electron chi connectivity index (χ4n) is 2.59. The van der Waals surface area contributed by atoms with Gasteiger partial charge in [-0.3, -0.25) is 9.59 Å². The zero-order valence-electron chi connectivity index (χ0n) is 17.1. The predicted octanol–water partition coefficient (Wildman–Crippen LogP) is 2.69. The van der Waals surface area contributed by atoms with Crippen LogP contribution in [0, 0.1) is 5.92 Å². The fourth-order valence-corrected chi connectivity index (χ4v) is 2.59. The summed E-state index contributed by atoms with van der Waals surface area (Å²) in [6.45, 7) is 6.13. The van der Waals surface area contributed by atoms with E-state index < -0.39 is 0 Å². The maximum absolute atomic E-state index is 12.7. The lowest BCUT2D eigenvalue weighted by Gasteiger charge is -2.24. The van der Waals surface area contributed by atoms with Gasteiger partial charge >= 0.3 is 5.97 Å². The number of hydrogen-bond donors (Lipinski definition) is 0. The highest BCUT2D eigenvalue weighted by atomic mass is 16.5. The summed E-state index contributed by atoms with van der Waals surface area (Å²) in [4.78, 5) is 28.2. The van der Waals surface area contributed by atoms with Crippen molar-refractivity contribution in [2.45, 2.75) is 20.3 Å². The van der Waals surface area contributed by atoms with Crippen LogP contribution in [0.1, 0.15) is 25.8 Å². The fraction of sp³-hybridized carbons (Fsp3) is 0.524. The van der Waals surface area contributed by atoms with E-state index in [4.69, 9.17) is 9.47 Å². The van der Waals surface area contributed by atoms with Crippen LogP contribution in [-0.2, 0) is 14.3 Å². The van der Waals surface area contributed by atoms with E-state index in [0.717, 1.165) is 24.3 Å². The molecule has 0 saturated heterocycles. The Morgan fingerprint density at radius 1 is 1.15 bits per heavy atom. The van der Waals surface area contributed by atoms with Gasteiger partial charge in [-0.25, -0.2) is 0 Å². The number of rotatable bonds is 11. The van der Waals surface area contributed by atoms with E-state index in [9.17, 15) is 9.59 Å². The number of esters is 1. The van der Waals surface area contributed by atoms with Gasteiger partial charge in [0, 0.05) is 19.2 Å². The average Bonchev–Trinajstić information content (AvgIpc) is 2.65. The van der Waals surface area contributed by atoms with Crippen molar-refractivity contribution in [1.82, 2.24) is 9.80 Å². The van der Waals surface area contributed by atoms with Crippen LogP contribution in [0.2, 0.25) is 0 Å². The molecule has 27 heavy (non-hydrogen) atoms. The SMILES string of the molecule is CCOc1ccc(/C=C/C(=O)N(CCCN(C)C)CC(C)C(=O)OC)cc1. The third-order valence-electron chi connectivity index (χ3n) is 4.05. The molecule has 1 atom stereocenters. The van der Waals surface area contributed by atoms with E-state index in [0.29, 0.717) is 19.7 Å². The number of carbonyl (C=O) groups is 2. The third kappa shape index (κ3) is 8.73. The Morgan fingerprint density at radius 2 is 1.81 bits per heavy atom. The second-order valence-corrected chi connectivity index (χ2v) is 6.70. The summed E-state index contributed by atoms with van der Waals surface area (Å²) >= 11 is 0. The highest BCUT2D eigenvalue weighted by molar-refractivity contribution is 5.92. The molecule has 0 aliphatic heterocycles. The normalized spacial score (nSPS) is 12.2. The van der Waals surface area contributed by atoms with Crippen molar-refractivity contribution in [1.29, 1.82) is 0 Å². The summed E-state index contributed by atoms with van der Waals surface area (Å²) < 4.78 is 10.2. The van der Waals surface area contributed by atoms with Crippen LogP contribution in [-0.4, -0.2) is 69.1 Å². The first-order valence-electron chi connectivity index (χ1n) is 9.29. The van der Waals surface area contributed by atoms with Crippen molar-refractivity contribution in [3.05, 3.63) is 35.9 Å². The van der Waals surface area contributed by atoms with Gasteiger partial charge in [-0.1, -0.05) is 19.1 Å². The van der Waals surface area contributed by atoms with Crippen LogP contribution in [0.3, 0.4) is 0 Å². The van der Waals surface area contributed by atoms with Crippen LogP contribution in [0.4, 0.5) is 0 Å². The second kappa shape index (κ2) is 12.1. The van der Waals surface area contributed by atoms with Crippen molar-refractivity contribution < 1.29 is 19.1 Å². The van der Waals surface area contributed by atoms with Gasteiger partial charge < -0.3 is 19.3 Å². The monoisotopic (exact) mass is 376 g/mol. The average molecular weight is 376 g/mol. The quantitative estimate of drug-likeness (QED) is 0.439. The Bertz CT molecular complexity index is 611. The molecule has 0 aliphatic rings. The summed E-state index contributed by atoms with van der Waals surface area (Å²) in [5.41, 5.74) is 0.918. The summed E-state index contributed by atoms with van der Waals surface area (Å²) in [6.07, 6.45) is 4.17. The zero-order chi connectivity index (χ0) is 20.2. The molecule has 0 fully saturated rings. The van der Waals surface area contributed by atoms with Gasteiger partial charge in [0.2, 0.25) is 5.91 Å². The van der Waals surface area contributed by atoms with E-state index in [1.54, 1.807) is 24.0 Å². The molecule has 1 aromatic carbocycles. The molecule has 150 valence electrons. The molecule has 1 rings (SSSR count). The lowest BCUT2D eigenvalue weighted by Crippen LogP contribution is -2.37. The molecule has 0 spiro atoms. The second-order valence-electron chi connectivity index (χ2n) is 6.70. The Morgan fingerprint density at radius 3 is 2.37 bits per heavy atom. The summed E-state index contributed by atoms with van der Waals surface area (Å²) in [6, 6.07) is 7.56. The third-order valence-corrected chi connectivity index (χ3v) is 4.05. The number of methoxy groups -OCH3 is 1. The first-order chi connectivity index (χ1) is 12.9. The number of ether oxygens (including phenoxy) is 2. The lowest BCUT2D eigenvalue weighted by molar-refractivity contribution is -0.146. The van der Waals surface area contributed by atoms with Crippen LogP contribution < -0.4 is 4.74 Å². The van der Waals surface area contributed by atoms with Gasteiger partial charge in [0.1, 0.15) is 5.75 Å². The number of nitrogens with zero attached hydrogens (tertiary/aromatic N) is 2. The predicted molar refractivity (Wildman–Crippen MR) is 108 cm³/mol. The largest absolute Gasteiger partial charge is 0.494 e. The number of carbonyl (C=O) groups excluding carboxylic acids is 2. The summed E-state index contributed by atoms with van der Waals surface area (Å²) in [7, 11) is 5.35. The molecule has 1 amide bonds. The molecule has 1 unspecified atom stereocenters.